The molecule has 19 heavy (non-hydrogen) atoms. The van der Waals surface area contributed by atoms with E-state index in [9.17, 15) is 0 Å². The van der Waals surface area contributed by atoms with Crippen LogP contribution in [0, 0.1) is 11.3 Å². The van der Waals surface area contributed by atoms with Gasteiger partial charge in [-0.05, 0) is 36.4 Å². The van der Waals surface area contributed by atoms with Gasteiger partial charge in [-0.25, -0.2) is 0 Å². The van der Waals surface area contributed by atoms with Crippen molar-refractivity contribution in [2.75, 3.05) is 7.11 Å². The summed E-state index contributed by atoms with van der Waals surface area (Å²) in [7, 11) is 1.65. The van der Waals surface area contributed by atoms with Crippen molar-refractivity contribution in [1.82, 2.24) is 0 Å². The van der Waals surface area contributed by atoms with Crippen molar-refractivity contribution in [3.8, 4) is 11.8 Å². The minimum Gasteiger partial charge on any atom is -0.496 e. The number of hydrogen-bond acceptors (Lipinski definition) is 3. The lowest BCUT2D eigenvalue weighted by Gasteiger charge is -2.08. The van der Waals surface area contributed by atoms with Gasteiger partial charge < -0.3 is 4.74 Å². The zero-order chi connectivity index (χ0) is 13.7. The first kappa shape index (κ1) is 14.0. The Labute approximate surface area is 125 Å². The number of benzene rings is 2. The Morgan fingerprint density at radius 3 is 2.79 bits per heavy atom. The Kier molecular flexibility index (Phi) is 4.89. The van der Waals surface area contributed by atoms with Gasteiger partial charge in [-0.15, -0.1) is 11.8 Å². The first-order valence-corrected chi connectivity index (χ1v) is 7.46. The first-order valence-electron chi connectivity index (χ1n) is 5.68. The van der Waals surface area contributed by atoms with Gasteiger partial charge >= 0.3 is 0 Å². The second-order valence-corrected chi connectivity index (χ2v) is 5.85. The maximum atomic E-state index is 8.94. The Morgan fingerprint density at radius 1 is 1.26 bits per heavy atom. The molecule has 0 radical (unpaired) electrons. The lowest BCUT2D eigenvalue weighted by Crippen LogP contribution is -1.91. The molecular formula is C15H12BrNOS. The van der Waals surface area contributed by atoms with E-state index in [1.807, 2.05) is 24.3 Å². The zero-order valence-corrected chi connectivity index (χ0v) is 12.8. The third-order valence-corrected chi connectivity index (χ3v) is 4.14. The van der Waals surface area contributed by atoms with Crippen LogP contribution in [0.25, 0.3) is 0 Å². The van der Waals surface area contributed by atoms with Crippen molar-refractivity contribution in [2.24, 2.45) is 0 Å². The number of ether oxygens (including phenoxy) is 1. The first-order chi connectivity index (χ1) is 9.22. The molecule has 0 aromatic heterocycles. The van der Waals surface area contributed by atoms with Gasteiger partial charge in [-0.3, -0.25) is 0 Å². The van der Waals surface area contributed by atoms with Gasteiger partial charge in [-0.1, -0.05) is 22.0 Å². The summed E-state index contributed by atoms with van der Waals surface area (Å²) < 4.78 is 6.39. The predicted molar refractivity (Wildman–Crippen MR) is 81.4 cm³/mol. The average molecular weight is 334 g/mol. The fourth-order valence-corrected chi connectivity index (χ4v) is 3.16. The predicted octanol–water partition coefficient (Wildman–Crippen LogP) is 4.62. The largest absolute Gasteiger partial charge is 0.496 e. The van der Waals surface area contributed by atoms with E-state index in [0.29, 0.717) is 5.56 Å². The molecular weight excluding hydrogens is 322 g/mol. The van der Waals surface area contributed by atoms with E-state index in [1.54, 1.807) is 24.9 Å². The molecule has 0 N–H and O–H groups in total. The third-order valence-electron chi connectivity index (χ3n) is 2.60. The van der Waals surface area contributed by atoms with Crippen molar-refractivity contribution < 1.29 is 4.74 Å². The molecule has 0 atom stereocenters. The number of hydrogen-bond donors (Lipinski definition) is 0. The van der Waals surface area contributed by atoms with Crippen molar-refractivity contribution in [1.29, 1.82) is 5.26 Å². The van der Waals surface area contributed by atoms with Crippen LogP contribution in [-0.4, -0.2) is 7.11 Å². The van der Waals surface area contributed by atoms with Gasteiger partial charge in [0.2, 0.25) is 0 Å². The second kappa shape index (κ2) is 6.65. The van der Waals surface area contributed by atoms with Crippen LogP contribution in [0.15, 0.2) is 51.8 Å². The van der Waals surface area contributed by atoms with Crippen molar-refractivity contribution in [2.45, 2.75) is 10.6 Å². The minimum absolute atomic E-state index is 0.658. The van der Waals surface area contributed by atoms with Crippen LogP contribution in [-0.2, 0) is 5.75 Å². The Balaban J connectivity index is 2.16. The number of halogens is 1. The second-order valence-electron chi connectivity index (χ2n) is 3.88. The van der Waals surface area contributed by atoms with Crippen LogP contribution in [0.2, 0.25) is 0 Å². The van der Waals surface area contributed by atoms with Gasteiger partial charge in [0.25, 0.3) is 0 Å². The summed E-state index contributed by atoms with van der Waals surface area (Å²) in [6.07, 6.45) is 0. The smallest absolute Gasteiger partial charge is 0.122 e. The van der Waals surface area contributed by atoms with E-state index in [4.69, 9.17) is 10.00 Å². The molecule has 0 saturated carbocycles. The molecule has 0 saturated heterocycles. The molecule has 0 amide bonds. The van der Waals surface area contributed by atoms with Gasteiger partial charge in [0, 0.05) is 20.7 Å². The van der Waals surface area contributed by atoms with Crippen LogP contribution in [0.1, 0.15) is 11.1 Å². The van der Waals surface area contributed by atoms with Crippen LogP contribution in [0.5, 0.6) is 5.75 Å². The molecule has 2 rings (SSSR count). The Morgan fingerprint density at radius 2 is 2.11 bits per heavy atom. The number of thioether (sulfide) groups is 1. The quantitative estimate of drug-likeness (QED) is 0.765. The molecule has 2 aromatic carbocycles. The van der Waals surface area contributed by atoms with Gasteiger partial charge in [0.15, 0.2) is 0 Å². The summed E-state index contributed by atoms with van der Waals surface area (Å²) in [6.45, 7) is 0. The standard InChI is InChI=1S/C15H12BrNOS/c1-18-15-6-5-11(9-17)7-12(15)10-19-14-4-2-3-13(16)8-14/h2-8H,10H2,1H3. The van der Waals surface area contributed by atoms with E-state index < -0.39 is 0 Å². The minimum atomic E-state index is 0.658. The fourth-order valence-electron chi connectivity index (χ4n) is 1.68. The molecule has 2 nitrogen and oxygen atoms in total. The van der Waals surface area contributed by atoms with Crippen LogP contribution < -0.4 is 4.74 Å². The highest BCUT2D eigenvalue weighted by Crippen LogP contribution is 2.29. The summed E-state index contributed by atoms with van der Waals surface area (Å²) in [4.78, 5) is 1.18. The molecule has 0 fully saturated rings. The van der Waals surface area contributed by atoms with E-state index in [2.05, 4.69) is 34.1 Å². The van der Waals surface area contributed by atoms with Crippen LogP contribution in [0.3, 0.4) is 0 Å². The monoisotopic (exact) mass is 333 g/mol. The summed E-state index contributed by atoms with van der Waals surface area (Å²) >= 11 is 5.18. The highest BCUT2D eigenvalue weighted by Gasteiger charge is 2.05. The molecule has 0 aliphatic rings. The molecule has 0 unspecified atom stereocenters. The maximum absolute atomic E-state index is 8.94. The topological polar surface area (TPSA) is 33.0 Å². The molecule has 0 spiro atoms. The highest BCUT2D eigenvalue weighted by atomic mass is 79.9. The molecule has 96 valence electrons. The van der Waals surface area contributed by atoms with Gasteiger partial charge in [0.1, 0.15) is 5.75 Å². The van der Waals surface area contributed by atoms with Crippen LogP contribution >= 0.6 is 27.7 Å². The summed E-state index contributed by atoms with van der Waals surface area (Å²) in [6, 6.07) is 15.8. The SMILES string of the molecule is COc1ccc(C#N)cc1CSc1cccc(Br)c1. The molecule has 0 aliphatic heterocycles. The lowest BCUT2D eigenvalue weighted by atomic mass is 10.1. The Bertz CT molecular complexity index is 622. The Hall–Kier alpha value is -1.44. The summed E-state index contributed by atoms with van der Waals surface area (Å²) in [5, 5.41) is 8.94. The van der Waals surface area contributed by atoms with Gasteiger partial charge in [-0.2, -0.15) is 5.26 Å². The maximum Gasteiger partial charge on any atom is 0.122 e. The molecule has 0 bridgehead atoms. The number of methoxy groups -OCH3 is 1. The molecule has 0 aliphatic carbocycles. The number of nitrogens with zero attached hydrogens (tertiary/aromatic N) is 1. The lowest BCUT2D eigenvalue weighted by molar-refractivity contribution is 0.411. The van der Waals surface area contributed by atoms with Crippen molar-refractivity contribution in [3.05, 3.63) is 58.1 Å². The van der Waals surface area contributed by atoms with Crippen molar-refractivity contribution in [3.63, 3.8) is 0 Å². The van der Waals surface area contributed by atoms with Crippen LogP contribution in [0.4, 0.5) is 0 Å². The molecule has 0 heterocycles. The fraction of sp³-hybridized carbons (Fsp3) is 0.133. The normalized spacial score (nSPS) is 9.95. The van der Waals surface area contributed by atoms with Crippen molar-refractivity contribution >= 4 is 27.7 Å². The third kappa shape index (κ3) is 3.76. The zero-order valence-electron chi connectivity index (χ0n) is 10.4. The number of nitriles is 1. The van der Waals surface area contributed by atoms with E-state index in [-0.39, 0.29) is 0 Å². The summed E-state index contributed by atoms with van der Waals surface area (Å²) in [5.41, 5.74) is 1.69. The molecule has 4 heteroatoms. The molecule has 2 aromatic rings. The average Bonchev–Trinajstić information content (AvgIpc) is 2.45. The van der Waals surface area contributed by atoms with E-state index in [0.717, 1.165) is 21.5 Å². The van der Waals surface area contributed by atoms with E-state index >= 15 is 0 Å². The van der Waals surface area contributed by atoms with Gasteiger partial charge in [0.05, 0.1) is 18.7 Å². The summed E-state index contributed by atoms with van der Waals surface area (Å²) in [5.74, 6) is 1.59. The van der Waals surface area contributed by atoms with E-state index in [1.165, 1.54) is 4.90 Å². The highest BCUT2D eigenvalue weighted by molar-refractivity contribution is 9.10. The number of rotatable bonds is 4.